The summed E-state index contributed by atoms with van der Waals surface area (Å²) in [6.45, 7) is 3.37. The van der Waals surface area contributed by atoms with Crippen LogP contribution in [0.5, 0.6) is 0 Å². The molecule has 0 unspecified atom stereocenters. The van der Waals surface area contributed by atoms with Gasteiger partial charge in [0.25, 0.3) is 0 Å². The summed E-state index contributed by atoms with van der Waals surface area (Å²) in [5.74, 6) is -0.363. The molecule has 2 aromatic rings. The van der Waals surface area contributed by atoms with Crippen LogP contribution in [0.3, 0.4) is 0 Å². The Morgan fingerprint density at radius 1 is 1.35 bits per heavy atom. The fourth-order valence-corrected chi connectivity index (χ4v) is 4.27. The first-order valence-electron chi connectivity index (χ1n) is 7.20. The van der Waals surface area contributed by atoms with Gasteiger partial charge in [0, 0.05) is 12.0 Å². The van der Waals surface area contributed by atoms with E-state index in [1.54, 1.807) is 26.2 Å². The van der Waals surface area contributed by atoms with Gasteiger partial charge in [-0.2, -0.15) is 0 Å². The van der Waals surface area contributed by atoms with Gasteiger partial charge in [-0.05, 0) is 55.7 Å². The number of hydrogen-bond donors (Lipinski definition) is 2. The van der Waals surface area contributed by atoms with Crippen LogP contribution in [0.15, 0.2) is 39.8 Å². The summed E-state index contributed by atoms with van der Waals surface area (Å²) in [5, 5.41) is 9.12. The van der Waals surface area contributed by atoms with Crippen LogP contribution in [0.25, 0.3) is 0 Å². The van der Waals surface area contributed by atoms with Crippen LogP contribution in [0.2, 0.25) is 0 Å². The number of aryl methyl sites for hydroxylation is 1. The lowest BCUT2D eigenvalue weighted by atomic mass is 10.1. The van der Waals surface area contributed by atoms with Gasteiger partial charge in [0.1, 0.15) is 5.76 Å². The molecule has 3 rings (SSSR count). The molecule has 1 aliphatic carbocycles. The molecule has 6 nitrogen and oxygen atoms in total. The third-order valence-corrected chi connectivity index (χ3v) is 5.78. The van der Waals surface area contributed by atoms with E-state index in [0.29, 0.717) is 17.5 Å². The van der Waals surface area contributed by atoms with Gasteiger partial charge in [-0.25, -0.2) is 17.9 Å². The fourth-order valence-electron chi connectivity index (χ4n) is 2.63. The predicted octanol–water partition coefficient (Wildman–Crippen LogP) is 2.43. The highest BCUT2D eigenvalue weighted by molar-refractivity contribution is 7.89. The lowest BCUT2D eigenvalue weighted by Gasteiger charge is -2.12. The monoisotopic (exact) mass is 335 g/mol. The minimum absolute atomic E-state index is 0.0139. The third kappa shape index (κ3) is 3.02. The van der Waals surface area contributed by atoms with Crippen molar-refractivity contribution in [2.75, 3.05) is 0 Å². The molecule has 7 heteroatoms. The van der Waals surface area contributed by atoms with Crippen LogP contribution in [0.4, 0.5) is 0 Å². The fraction of sp³-hybridized carbons (Fsp3) is 0.312. The Balaban J connectivity index is 1.87. The van der Waals surface area contributed by atoms with Crippen molar-refractivity contribution in [3.8, 4) is 0 Å². The number of aromatic carboxylic acids is 1. The van der Waals surface area contributed by atoms with Crippen LogP contribution < -0.4 is 4.72 Å². The van der Waals surface area contributed by atoms with Gasteiger partial charge in [0.05, 0.1) is 16.7 Å². The van der Waals surface area contributed by atoms with E-state index >= 15 is 0 Å². The number of sulfonamides is 1. The standard InChI is InChI=1S/C16H17NO5S/c1-9-6-11(16(18)19)7-15(10(9)2)23(20,21)17-13-8-12(13)14-4-3-5-22-14/h3-7,12-13,17H,8H2,1-2H3,(H,18,19)/t12-,13-/m1/s1. The molecule has 0 bridgehead atoms. The number of furan rings is 1. The van der Waals surface area contributed by atoms with Crippen LogP contribution in [-0.4, -0.2) is 25.5 Å². The second-order valence-corrected chi connectivity index (χ2v) is 7.49. The van der Waals surface area contributed by atoms with E-state index in [0.717, 1.165) is 5.76 Å². The molecule has 1 heterocycles. The highest BCUT2D eigenvalue weighted by Gasteiger charge is 2.43. The minimum Gasteiger partial charge on any atom is -0.478 e. The van der Waals surface area contributed by atoms with E-state index < -0.39 is 16.0 Å². The Kier molecular flexibility index (Phi) is 3.77. The number of carboxylic acids is 1. The molecular formula is C16H17NO5S. The summed E-state index contributed by atoms with van der Waals surface area (Å²) >= 11 is 0. The third-order valence-electron chi connectivity index (χ3n) is 4.16. The largest absolute Gasteiger partial charge is 0.478 e. The summed E-state index contributed by atoms with van der Waals surface area (Å²) in [6.07, 6.45) is 2.23. The van der Waals surface area contributed by atoms with E-state index in [1.807, 2.05) is 6.07 Å². The van der Waals surface area contributed by atoms with Crippen molar-refractivity contribution in [3.63, 3.8) is 0 Å². The SMILES string of the molecule is Cc1cc(C(=O)O)cc(S(=O)(=O)N[C@@H]2C[C@H]2c2ccco2)c1C. The average Bonchev–Trinajstić information content (AvgIpc) is 3.00. The molecule has 1 saturated carbocycles. The zero-order chi connectivity index (χ0) is 16.8. The van der Waals surface area contributed by atoms with Gasteiger partial charge in [-0.15, -0.1) is 0 Å². The second-order valence-electron chi connectivity index (χ2n) is 5.81. The van der Waals surface area contributed by atoms with Crippen molar-refractivity contribution < 1.29 is 22.7 Å². The molecule has 1 fully saturated rings. The maximum Gasteiger partial charge on any atom is 0.335 e. The quantitative estimate of drug-likeness (QED) is 0.875. The van der Waals surface area contributed by atoms with Gasteiger partial charge < -0.3 is 9.52 Å². The molecule has 0 saturated heterocycles. The van der Waals surface area contributed by atoms with Crippen molar-refractivity contribution in [3.05, 3.63) is 53.0 Å². The Hall–Kier alpha value is -2.12. The van der Waals surface area contributed by atoms with Gasteiger partial charge in [-0.1, -0.05) is 0 Å². The minimum atomic E-state index is -3.79. The van der Waals surface area contributed by atoms with Crippen molar-refractivity contribution in [2.24, 2.45) is 0 Å². The molecule has 122 valence electrons. The molecule has 1 aromatic carbocycles. The van der Waals surface area contributed by atoms with Crippen molar-refractivity contribution in [1.82, 2.24) is 4.72 Å². The van der Waals surface area contributed by atoms with Crippen molar-refractivity contribution in [1.29, 1.82) is 0 Å². The smallest absolute Gasteiger partial charge is 0.335 e. The van der Waals surface area contributed by atoms with Crippen molar-refractivity contribution >= 4 is 16.0 Å². The summed E-state index contributed by atoms with van der Waals surface area (Å²) in [4.78, 5) is 11.2. The maximum atomic E-state index is 12.6. The normalized spacial score (nSPS) is 20.4. The van der Waals surface area contributed by atoms with E-state index in [9.17, 15) is 13.2 Å². The molecule has 0 radical (unpaired) electrons. The van der Waals surface area contributed by atoms with Crippen LogP contribution in [0, 0.1) is 13.8 Å². The van der Waals surface area contributed by atoms with Crippen LogP contribution in [-0.2, 0) is 10.0 Å². The van der Waals surface area contributed by atoms with Gasteiger partial charge >= 0.3 is 5.97 Å². The molecule has 2 N–H and O–H groups in total. The molecule has 2 atom stereocenters. The van der Waals surface area contributed by atoms with Gasteiger partial charge in [0.15, 0.2) is 0 Å². The predicted molar refractivity (Wildman–Crippen MR) is 83.1 cm³/mol. The van der Waals surface area contributed by atoms with Crippen LogP contribution in [0.1, 0.15) is 39.6 Å². The maximum absolute atomic E-state index is 12.6. The molecule has 0 spiro atoms. The highest BCUT2D eigenvalue weighted by atomic mass is 32.2. The Bertz CT molecular complexity index is 855. The number of carboxylic acid groups (broad SMARTS) is 1. The summed E-state index contributed by atoms with van der Waals surface area (Å²) in [5.41, 5.74) is 1.15. The first kappa shape index (κ1) is 15.8. The second kappa shape index (κ2) is 5.50. The number of carbonyl (C=O) groups is 1. The van der Waals surface area contributed by atoms with E-state index in [2.05, 4.69) is 4.72 Å². The molecular weight excluding hydrogens is 318 g/mol. The lowest BCUT2D eigenvalue weighted by Crippen LogP contribution is -2.28. The average molecular weight is 335 g/mol. The molecule has 23 heavy (non-hydrogen) atoms. The first-order valence-corrected chi connectivity index (χ1v) is 8.68. The number of benzene rings is 1. The zero-order valence-electron chi connectivity index (χ0n) is 12.7. The topological polar surface area (TPSA) is 96.6 Å². The van der Waals surface area contributed by atoms with E-state index in [4.69, 9.17) is 9.52 Å². The van der Waals surface area contributed by atoms with Gasteiger partial charge in [0.2, 0.25) is 10.0 Å². The van der Waals surface area contributed by atoms with E-state index in [-0.39, 0.29) is 22.4 Å². The first-order chi connectivity index (χ1) is 10.8. The van der Waals surface area contributed by atoms with Crippen LogP contribution >= 0.6 is 0 Å². The molecule has 0 aliphatic heterocycles. The number of rotatable bonds is 5. The molecule has 0 amide bonds. The number of nitrogens with one attached hydrogen (secondary N) is 1. The Morgan fingerprint density at radius 3 is 2.70 bits per heavy atom. The summed E-state index contributed by atoms with van der Waals surface area (Å²) in [6, 6.07) is 6.04. The van der Waals surface area contributed by atoms with Gasteiger partial charge in [-0.3, -0.25) is 0 Å². The number of hydrogen-bond acceptors (Lipinski definition) is 4. The summed E-state index contributed by atoms with van der Waals surface area (Å²) in [7, 11) is -3.79. The zero-order valence-corrected chi connectivity index (χ0v) is 13.6. The lowest BCUT2D eigenvalue weighted by molar-refractivity contribution is 0.0696. The molecule has 1 aliphatic rings. The summed E-state index contributed by atoms with van der Waals surface area (Å²) < 4.78 is 33.1. The Labute approximate surface area is 134 Å². The Morgan fingerprint density at radius 2 is 2.09 bits per heavy atom. The highest BCUT2D eigenvalue weighted by Crippen LogP contribution is 2.42. The van der Waals surface area contributed by atoms with E-state index in [1.165, 1.54) is 12.1 Å². The molecule has 1 aromatic heterocycles. The van der Waals surface area contributed by atoms with Crippen molar-refractivity contribution in [2.45, 2.75) is 37.1 Å².